The Labute approximate surface area is 130 Å². The van der Waals surface area contributed by atoms with Crippen LogP contribution in [0.15, 0.2) is 41.2 Å². The summed E-state index contributed by atoms with van der Waals surface area (Å²) >= 11 is 0. The van der Waals surface area contributed by atoms with Gasteiger partial charge in [-0.15, -0.1) is 0 Å². The normalized spacial score (nSPS) is 10.5. The molecule has 0 unspecified atom stereocenters. The zero-order chi connectivity index (χ0) is 16.1. The third-order valence-electron chi connectivity index (χ3n) is 3.32. The van der Waals surface area contributed by atoms with Crippen molar-refractivity contribution in [1.82, 2.24) is 4.57 Å². The van der Waals surface area contributed by atoms with E-state index < -0.39 is 0 Å². The molecule has 0 atom stereocenters. The molecule has 1 heterocycles. The molecule has 4 nitrogen and oxygen atoms in total. The molecule has 0 spiro atoms. The zero-order valence-electron chi connectivity index (χ0n) is 13.2. The van der Waals surface area contributed by atoms with Crippen LogP contribution in [0.2, 0.25) is 0 Å². The molecule has 0 aliphatic heterocycles. The third kappa shape index (κ3) is 3.37. The molecule has 1 aromatic heterocycles. The molecule has 114 valence electrons. The highest BCUT2D eigenvalue weighted by atomic mass is 16.5. The molecule has 2 aromatic rings. The Balaban J connectivity index is 2.44. The highest BCUT2D eigenvalue weighted by Crippen LogP contribution is 2.23. The van der Waals surface area contributed by atoms with Crippen molar-refractivity contribution in [3.8, 4) is 23.1 Å². The van der Waals surface area contributed by atoms with Gasteiger partial charge in [0.15, 0.2) is 0 Å². The first-order chi connectivity index (χ1) is 10.6. The summed E-state index contributed by atoms with van der Waals surface area (Å²) in [5.74, 6) is 1.23. The van der Waals surface area contributed by atoms with E-state index in [1.54, 1.807) is 10.6 Å². The highest BCUT2D eigenvalue weighted by Gasteiger charge is 2.10. The lowest BCUT2D eigenvalue weighted by Crippen LogP contribution is -2.23. The minimum absolute atomic E-state index is 0.165. The van der Waals surface area contributed by atoms with Gasteiger partial charge in [0.05, 0.1) is 12.3 Å². The van der Waals surface area contributed by atoms with Crippen LogP contribution in [-0.4, -0.2) is 11.2 Å². The summed E-state index contributed by atoms with van der Waals surface area (Å²) in [6, 6.07) is 13.0. The second kappa shape index (κ2) is 6.95. The predicted molar refractivity (Wildman–Crippen MR) is 86.9 cm³/mol. The van der Waals surface area contributed by atoms with E-state index in [9.17, 15) is 4.79 Å². The monoisotopic (exact) mass is 296 g/mol. The topological polar surface area (TPSA) is 55.0 Å². The van der Waals surface area contributed by atoms with Crippen molar-refractivity contribution < 1.29 is 4.74 Å². The van der Waals surface area contributed by atoms with Gasteiger partial charge in [-0.2, -0.15) is 5.26 Å². The number of nitrogens with zero attached hydrogens (tertiary/aromatic N) is 2. The van der Waals surface area contributed by atoms with Gasteiger partial charge >= 0.3 is 0 Å². The average Bonchev–Trinajstić information content (AvgIpc) is 2.52. The van der Waals surface area contributed by atoms with Crippen molar-refractivity contribution in [1.29, 1.82) is 5.26 Å². The smallest absolute Gasteiger partial charge is 0.268 e. The molecule has 4 heteroatoms. The number of aromatic nitrogens is 1. The van der Waals surface area contributed by atoms with Crippen molar-refractivity contribution >= 4 is 0 Å². The molecule has 2 rings (SSSR count). The predicted octanol–water partition coefficient (Wildman–Crippen LogP) is 3.44. The van der Waals surface area contributed by atoms with Crippen molar-refractivity contribution in [3.05, 3.63) is 52.3 Å². The largest absolute Gasteiger partial charge is 0.493 e. The first-order valence-electron chi connectivity index (χ1n) is 7.44. The summed E-state index contributed by atoms with van der Waals surface area (Å²) in [6.07, 6.45) is 0. The van der Waals surface area contributed by atoms with Gasteiger partial charge < -0.3 is 9.30 Å². The van der Waals surface area contributed by atoms with E-state index in [0.29, 0.717) is 19.1 Å². The van der Waals surface area contributed by atoms with E-state index in [-0.39, 0.29) is 11.1 Å². The quantitative estimate of drug-likeness (QED) is 0.849. The lowest BCUT2D eigenvalue weighted by atomic mass is 10.1. The Kier molecular flexibility index (Phi) is 5.00. The molecule has 0 amide bonds. The van der Waals surface area contributed by atoms with Gasteiger partial charge in [-0.1, -0.05) is 26.0 Å². The average molecular weight is 296 g/mol. The van der Waals surface area contributed by atoms with Gasteiger partial charge in [0.2, 0.25) is 0 Å². The van der Waals surface area contributed by atoms with Gasteiger partial charge in [0.25, 0.3) is 5.56 Å². The number of nitriles is 1. The van der Waals surface area contributed by atoms with Crippen molar-refractivity contribution in [2.75, 3.05) is 6.61 Å². The molecule has 1 aromatic carbocycles. The van der Waals surface area contributed by atoms with Crippen LogP contribution in [0.4, 0.5) is 0 Å². The number of ether oxygens (including phenoxy) is 1. The second-order valence-electron chi connectivity index (χ2n) is 5.53. The number of benzene rings is 1. The summed E-state index contributed by atoms with van der Waals surface area (Å²) in [7, 11) is 0. The Hall–Kier alpha value is -2.54. The Morgan fingerprint density at radius 1 is 1.27 bits per heavy atom. The molecule has 0 fully saturated rings. The summed E-state index contributed by atoms with van der Waals surface area (Å²) in [4.78, 5) is 12.2. The fourth-order valence-corrected chi connectivity index (χ4v) is 2.24. The molecule has 0 bridgehead atoms. The number of hydrogen-bond donors (Lipinski definition) is 0. The summed E-state index contributed by atoms with van der Waals surface area (Å²) < 4.78 is 7.35. The van der Waals surface area contributed by atoms with Gasteiger partial charge in [-0.3, -0.25) is 4.79 Å². The van der Waals surface area contributed by atoms with Crippen molar-refractivity contribution in [3.63, 3.8) is 0 Å². The van der Waals surface area contributed by atoms with Gasteiger partial charge in [0, 0.05) is 12.1 Å². The second-order valence-corrected chi connectivity index (χ2v) is 5.53. The van der Waals surface area contributed by atoms with Crippen LogP contribution in [0.5, 0.6) is 5.75 Å². The third-order valence-corrected chi connectivity index (χ3v) is 3.32. The maximum Gasteiger partial charge on any atom is 0.268 e. The van der Waals surface area contributed by atoms with Crippen LogP contribution >= 0.6 is 0 Å². The van der Waals surface area contributed by atoms with Crippen molar-refractivity contribution in [2.45, 2.75) is 27.3 Å². The fraction of sp³-hybridized carbons (Fsp3) is 0.333. The molecule has 22 heavy (non-hydrogen) atoms. The molecule has 0 saturated carbocycles. The van der Waals surface area contributed by atoms with Gasteiger partial charge in [0.1, 0.15) is 17.4 Å². The SMILES string of the molecule is CCn1c(-c2cccc(OCC(C)C)c2)ccc(C#N)c1=O. The number of pyridine rings is 1. The minimum Gasteiger partial charge on any atom is -0.493 e. The lowest BCUT2D eigenvalue weighted by molar-refractivity contribution is 0.271. The number of hydrogen-bond acceptors (Lipinski definition) is 3. The fourth-order valence-electron chi connectivity index (χ4n) is 2.24. The number of rotatable bonds is 5. The molecule has 0 saturated heterocycles. The molecule has 0 aliphatic carbocycles. The van der Waals surface area contributed by atoms with Gasteiger partial charge in [-0.05, 0) is 37.1 Å². The first-order valence-corrected chi connectivity index (χ1v) is 7.44. The highest BCUT2D eigenvalue weighted by molar-refractivity contribution is 5.62. The molecule has 0 aliphatic rings. The van der Waals surface area contributed by atoms with Crippen LogP contribution in [0.3, 0.4) is 0 Å². The van der Waals surface area contributed by atoms with Crippen LogP contribution in [0.25, 0.3) is 11.3 Å². The Bertz CT molecular complexity index is 754. The van der Waals surface area contributed by atoms with Crippen LogP contribution in [-0.2, 0) is 6.54 Å². The van der Waals surface area contributed by atoms with E-state index in [2.05, 4.69) is 13.8 Å². The van der Waals surface area contributed by atoms with Gasteiger partial charge in [-0.25, -0.2) is 0 Å². The molecular weight excluding hydrogens is 276 g/mol. The molecular formula is C18H20N2O2. The van der Waals surface area contributed by atoms with E-state index in [1.807, 2.05) is 43.3 Å². The lowest BCUT2D eigenvalue weighted by Gasteiger charge is -2.13. The zero-order valence-corrected chi connectivity index (χ0v) is 13.2. The maximum absolute atomic E-state index is 12.2. The summed E-state index contributed by atoms with van der Waals surface area (Å²) in [5.41, 5.74) is 1.61. The molecule has 0 radical (unpaired) electrons. The summed E-state index contributed by atoms with van der Waals surface area (Å²) in [6.45, 7) is 7.25. The first kappa shape index (κ1) is 15.8. The van der Waals surface area contributed by atoms with E-state index in [4.69, 9.17) is 10.00 Å². The molecule has 0 N–H and O–H groups in total. The van der Waals surface area contributed by atoms with Crippen molar-refractivity contribution in [2.24, 2.45) is 5.92 Å². The minimum atomic E-state index is -0.254. The maximum atomic E-state index is 12.2. The summed E-state index contributed by atoms with van der Waals surface area (Å²) in [5, 5.41) is 8.98. The Morgan fingerprint density at radius 3 is 2.68 bits per heavy atom. The van der Waals surface area contributed by atoms with Crippen LogP contribution in [0, 0.1) is 17.2 Å². The van der Waals surface area contributed by atoms with E-state index in [1.165, 1.54) is 0 Å². The van der Waals surface area contributed by atoms with E-state index >= 15 is 0 Å². The van der Waals surface area contributed by atoms with E-state index in [0.717, 1.165) is 17.0 Å². The van der Waals surface area contributed by atoms with Crippen LogP contribution in [0.1, 0.15) is 26.3 Å². The van der Waals surface area contributed by atoms with Crippen LogP contribution < -0.4 is 10.3 Å². The Morgan fingerprint density at radius 2 is 2.05 bits per heavy atom. The standard InChI is InChI=1S/C18H20N2O2/c1-4-20-17(9-8-15(11-19)18(20)21)14-6-5-7-16(10-14)22-12-13(2)3/h5-10,13H,4,12H2,1-3H3.